The molecule has 0 aliphatic rings. The van der Waals surface area contributed by atoms with Crippen LogP contribution in [0, 0.1) is 5.92 Å². The minimum absolute atomic E-state index is 0.192. The molecule has 1 atom stereocenters. The third-order valence-electron chi connectivity index (χ3n) is 3.62. The lowest BCUT2D eigenvalue weighted by Crippen LogP contribution is -2.46. The van der Waals surface area contributed by atoms with Gasteiger partial charge < -0.3 is 10.0 Å². The van der Waals surface area contributed by atoms with Crippen molar-refractivity contribution in [2.24, 2.45) is 5.92 Å². The quantitative estimate of drug-likeness (QED) is 0.713. The van der Waals surface area contributed by atoms with Gasteiger partial charge in [-0.15, -0.1) is 13.2 Å². The molecule has 1 amide bonds. The highest BCUT2D eigenvalue weighted by Gasteiger charge is 2.30. The summed E-state index contributed by atoms with van der Waals surface area (Å²) < 4.78 is 0. The van der Waals surface area contributed by atoms with Crippen molar-refractivity contribution < 1.29 is 14.7 Å². The molecule has 22 heavy (non-hydrogen) atoms. The molecule has 0 spiro atoms. The monoisotopic (exact) mass is 301 g/mol. The van der Waals surface area contributed by atoms with Crippen LogP contribution in [-0.2, 0) is 16.0 Å². The van der Waals surface area contributed by atoms with Crippen LogP contribution in [0.25, 0.3) is 0 Å². The summed E-state index contributed by atoms with van der Waals surface area (Å²) in [6.07, 6.45) is 4.65. The van der Waals surface area contributed by atoms with Crippen molar-refractivity contribution in [1.29, 1.82) is 0 Å². The van der Waals surface area contributed by atoms with Crippen molar-refractivity contribution >= 4 is 11.9 Å². The number of amides is 1. The molecular weight excluding hydrogens is 278 g/mol. The van der Waals surface area contributed by atoms with E-state index < -0.39 is 12.0 Å². The van der Waals surface area contributed by atoms with Crippen molar-refractivity contribution in [1.82, 2.24) is 4.90 Å². The van der Waals surface area contributed by atoms with Gasteiger partial charge in [-0.25, -0.2) is 4.79 Å². The lowest BCUT2D eigenvalue weighted by Gasteiger charge is -2.28. The predicted molar refractivity (Wildman–Crippen MR) is 87.5 cm³/mol. The number of allylic oxidation sites excluding steroid dienone is 2. The number of hydrogen-bond acceptors (Lipinski definition) is 2. The number of likely N-dealkylation sites (N-methyl/N-ethyl adjacent to an activating group) is 1. The average molecular weight is 301 g/mol. The van der Waals surface area contributed by atoms with Crippen LogP contribution in [-0.4, -0.2) is 35.0 Å². The number of carbonyl (C=O) groups is 2. The fraction of sp³-hybridized carbons (Fsp3) is 0.333. The first-order chi connectivity index (χ1) is 10.5. The first kappa shape index (κ1) is 17.7. The van der Waals surface area contributed by atoms with Gasteiger partial charge in [0.15, 0.2) is 0 Å². The minimum Gasteiger partial charge on any atom is -0.480 e. The van der Waals surface area contributed by atoms with E-state index in [1.54, 1.807) is 19.2 Å². The second kappa shape index (κ2) is 8.82. The van der Waals surface area contributed by atoms with Gasteiger partial charge in [-0.3, -0.25) is 4.79 Å². The predicted octanol–water partition coefficient (Wildman–Crippen LogP) is 2.91. The Morgan fingerprint density at radius 3 is 2.18 bits per heavy atom. The molecule has 0 aromatic heterocycles. The van der Waals surface area contributed by atoms with Crippen LogP contribution in [0.1, 0.15) is 18.4 Å². The number of carboxylic acids is 1. The van der Waals surface area contributed by atoms with Gasteiger partial charge in [-0.2, -0.15) is 0 Å². The van der Waals surface area contributed by atoms with E-state index >= 15 is 0 Å². The molecule has 0 radical (unpaired) electrons. The summed E-state index contributed by atoms with van der Waals surface area (Å²) >= 11 is 0. The third-order valence-corrected chi connectivity index (χ3v) is 3.62. The molecule has 0 aliphatic carbocycles. The molecule has 0 aliphatic heterocycles. The van der Waals surface area contributed by atoms with Gasteiger partial charge in [0.1, 0.15) is 6.04 Å². The molecule has 1 rings (SSSR count). The van der Waals surface area contributed by atoms with Crippen molar-refractivity contribution in [3.63, 3.8) is 0 Å². The Morgan fingerprint density at radius 2 is 1.73 bits per heavy atom. The van der Waals surface area contributed by atoms with E-state index in [1.165, 1.54) is 4.90 Å². The fourth-order valence-electron chi connectivity index (χ4n) is 2.37. The second-order valence-corrected chi connectivity index (χ2v) is 5.24. The van der Waals surface area contributed by atoms with E-state index in [1.807, 2.05) is 30.3 Å². The SMILES string of the molecule is C=CCC(CC=C)C(=O)N(C)C(Cc1ccccc1)C(=O)O. The number of carboxylic acid groups (broad SMARTS) is 1. The molecule has 1 N–H and O–H groups in total. The second-order valence-electron chi connectivity index (χ2n) is 5.24. The molecule has 4 nitrogen and oxygen atoms in total. The van der Waals surface area contributed by atoms with Gasteiger partial charge >= 0.3 is 5.97 Å². The van der Waals surface area contributed by atoms with Crippen LogP contribution in [0.2, 0.25) is 0 Å². The van der Waals surface area contributed by atoms with Crippen LogP contribution < -0.4 is 0 Å². The summed E-state index contributed by atoms with van der Waals surface area (Å²) in [4.78, 5) is 25.4. The number of nitrogens with zero attached hydrogens (tertiary/aromatic N) is 1. The zero-order valence-electron chi connectivity index (χ0n) is 12.9. The van der Waals surface area contributed by atoms with Crippen LogP contribution in [0.4, 0.5) is 0 Å². The Labute approximate surface area is 131 Å². The fourth-order valence-corrected chi connectivity index (χ4v) is 2.37. The zero-order valence-corrected chi connectivity index (χ0v) is 12.9. The van der Waals surface area contributed by atoms with Crippen LogP contribution in [0.3, 0.4) is 0 Å². The maximum absolute atomic E-state index is 12.5. The topological polar surface area (TPSA) is 57.6 Å². The minimum atomic E-state index is -1.00. The number of aliphatic carboxylic acids is 1. The van der Waals surface area contributed by atoms with Crippen molar-refractivity contribution in [3.8, 4) is 0 Å². The summed E-state index contributed by atoms with van der Waals surface area (Å²) in [6.45, 7) is 7.30. The molecule has 0 bridgehead atoms. The lowest BCUT2D eigenvalue weighted by molar-refractivity contribution is -0.150. The van der Waals surface area contributed by atoms with Gasteiger partial charge in [0.05, 0.1) is 0 Å². The van der Waals surface area contributed by atoms with E-state index in [9.17, 15) is 14.7 Å². The van der Waals surface area contributed by atoms with E-state index in [2.05, 4.69) is 13.2 Å². The molecule has 118 valence electrons. The summed E-state index contributed by atoms with van der Waals surface area (Å²) in [7, 11) is 1.54. The average Bonchev–Trinajstić information content (AvgIpc) is 2.51. The van der Waals surface area contributed by atoms with Crippen molar-refractivity contribution in [2.75, 3.05) is 7.05 Å². The number of hydrogen-bond donors (Lipinski definition) is 1. The normalized spacial score (nSPS) is 11.7. The smallest absolute Gasteiger partial charge is 0.326 e. The Balaban J connectivity index is 2.89. The first-order valence-electron chi connectivity index (χ1n) is 7.26. The molecule has 0 fully saturated rings. The van der Waals surface area contributed by atoms with Crippen LogP contribution in [0.15, 0.2) is 55.6 Å². The highest BCUT2D eigenvalue weighted by Crippen LogP contribution is 2.17. The Morgan fingerprint density at radius 1 is 1.18 bits per heavy atom. The van der Waals surface area contributed by atoms with Crippen LogP contribution >= 0.6 is 0 Å². The molecule has 1 unspecified atom stereocenters. The largest absolute Gasteiger partial charge is 0.480 e. The number of benzene rings is 1. The summed E-state index contributed by atoms with van der Waals surface area (Å²) in [5.74, 6) is -1.50. The van der Waals surface area contributed by atoms with E-state index in [0.29, 0.717) is 12.8 Å². The van der Waals surface area contributed by atoms with E-state index in [4.69, 9.17) is 0 Å². The summed E-state index contributed by atoms with van der Waals surface area (Å²) in [5, 5.41) is 9.46. The third kappa shape index (κ3) is 4.88. The van der Waals surface area contributed by atoms with Crippen LogP contribution in [0.5, 0.6) is 0 Å². The number of rotatable bonds is 9. The van der Waals surface area contributed by atoms with Crippen molar-refractivity contribution in [3.05, 3.63) is 61.2 Å². The van der Waals surface area contributed by atoms with Gasteiger partial charge in [-0.05, 0) is 18.4 Å². The Bertz CT molecular complexity index is 514. The van der Waals surface area contributed by atoms with E-state index in [0.717, 1.165) is 5.56 Å². The highest BCUT2D eigenvalue weighted by atomic mass is 16.4. The molecular formula is C18H23NO3. The molecule has 0 saturated heterocycles. The molecule has 0 saturated carbocycles. The van der Waals surface area contributed by atoms with E-state index in [-0.39, 0.29) is 18.2 Å². The van der Waals surface area contributed by atoms with Gasteiger partial charge in [0, 0.05) is 19.4 Å². The Kier molecular flexibility index (Phi) is 7.09. The summed E-state index contributed by atoms with van der Waals surface area (Å²) in [6, 6.07) is 8.42. The molecule has 1 aromatic carbocycles. The highest BCUT2D eigenvalue weighted by molar-refractivity contribution is 5.85. The maximum atomic E-state index is 12.5. The summed E-state index contributed by atoms with van der Waals surface area (Å²) in [5.41, 5.74) is 0.888. The van der Waals surface area contributed by atoms with Crippen molar-refractivity contribution in [2.45, 2.75) is 25.3 Å². The molecule has 1 aromatic rings. The zero-order chi connectivity index (χ0) is 16.5. The molecule has 4 heteroatoms. The Hall–Kier alpha value is -2.36. The van der Waals surface area contributed by atoms with Gasteiger partial charge in [0.25, 0.3) is 0 Å². The maximum Gasteiger partial charge on any atom is 0.326 e. The standard InChI is InChI=1S/C18H23NO3/c1-4-9-15(10-5-2)17(20)19(3)16(18(21)22)13-14-11-7-6-8-12-14/h4-8,11-12,15-16H,1-2,9-10,13H2,3H3,(H,21,22). The number of carbonyl (C=O) groups excluding carboxylic acids is 1. The molecule has 0 heterocycles. The first-order valence-corrected chi connectivity index (χ1v) is 7.26. The van der Waals surface area contributed by atoms with Gasteiger partial charge in [-0.1, -0.05) is 42.5 Å². The van der Waals surface area contributed by atoms with Gasteiger partial charge in [0.2, 0.25) is 5.91 Å². The lowest BCUT2D eigenvalue weighted by atomic mass is 9.97.